The maximum absolute atomic E-state index is 3.65. The Bertz CT molecular complexity index is 128. The molecule has 2 nitrogen and oxygen atoms in total. The van der Waals surface area contributed by atoms with E-state index in [1.165, 1.54) is 25.8 Å². The van der Waals surface area contributed by atoms with Crippen molar-refractivity contribution in [2.45, 2.75) is 52.1 Å². The van der Waals surface area contributed by atoms with Crippen LogP contribution in [0.2, 0.25) is 0 Å². The van der Waals surface area contributed by atoms with E-state index >= 15 is 0 Å². The van der Waals surface area contributed by atoms with Gasteiger partial charge >= 0.3 is 0 Å². The smallest absolute Gasteiger partial charge is 0.0193 e. The summed E-state index contributed by atoms with van der Waals surface area (Å²) in [4.78, 5) is 0. The molecular formula is C11H24N2. The van der Waals surface area contributed by atoms with Crippen LogP contribution < -0.4 is 10.6 Å². The molecule has 0 spiro atoms. The van der Waals surface area contributed by atoms with Crippen LogP contribution >= 0.6 is 0 Å². The highest BCUT2D eigenvalue weighted by atomic mass is 15.0. The minimum absolute atomic E-state index is 0.697. The molecule has 1 aliphatic rings. The summed E-state index contributed by atoms with van der Waals surface area (Å²) in [6.45, 7) is 9.22. The zero-order valence-corrected chi connectivity index (χ0v) is 9.27. The van der Waals surface area contributed by atoms with Crippen LogP contribution in [0.3, 0.4) is 0 Å². The average molecular weight is 184 g/mol. The van der Waals surface area contributed by atoms with Crippen LogP contribution in [0.4, 0.5) is 0 Å². The number of rotatable bonds is 5. The van der Waals surface area contributed by atoms with Crippen molar-refractivity contribution in [1.82, 2.24) is 10.6 Å². The van der Waals surface area contributed by atoms with Crippen LogP contribution in [-0.4, -0.2) is 25.2 Å². The van der Waals surface area contributed by atoms with Crippen molar-refractivity contribution in [2.24, 2.45) is 5.92 Å². The fourth-order valence-corrected chi connectivity index (χ4v) is 2.08. The van der Waals surface area contributed by atoms with Crippen LogP contribution in [0.1, 0.15) is 40.0 Å². The lowest BCUT2D eigenvalue weighted by Gasteiger charge is -2.22. The lowest BCUT2D eigenvalue weighted by molar-refractivity contribution is 0.370. The first kappa shape index (κ1) is 11.0. The van der Waals surface area contributed by atoms with Gasteiger partial charge in [-0.3, -0.25) is 0 Å². The first-order valence-corrected chi connectivity index (χ1v) is 5.70. The third-order valence-electron chi connectivity index (χ3n) is 3.03. The molecule has 0 saturated carbocycles. The zero-order chi connectivity index (χ0) is 9.68. The van der Waals surface area contributed by atoms with Crippen LogP contribution in [0, 0.1) is 5.92 Å². The molecule has 1 heterocycles. The first-order valence-electron chi connectivity index (χ1n) is 5.70. The van der Waals surface area contributed by atoms with Gasteiger partial charge in [-0.25, -0.2) is 0 Å². The fraction of sp³-hybridized carbons (Fsp3) is 1.00. The van der Waals surface area contributed by atoms with E-state index < -0.39 is 0 Å². The summed E-state index contributed by atoms with van der Waals surface area (Å²) in [6.07, 6.45) is 3.94. The molecule has 1 fully saturated rings. The van der Waals surface area contributed by atoms with Gasteiger partial charge in [0.2, 0.25) is 0 Å². The molecule has 0 aromatic rings. The minimum Gasteiger partial charge on any atom is -0.313 e. The molecule has 0 bridgehead atoms. The molecular weight excluding hydrogens is 160 g/mol. The molecule has 0 aliphatic carbocycles. The van der Waals surface area contributed by atoms with Gasteiger partial charge in [-0.1, -0.05) is 20.8 Å². The van der Waals surface area contributed by atoms with E-state index in [0.29, 0.717) is 6.04 Å². The summed E-state index contributed by atoms with van der Waals surface area (Å²) in [7, 11) is 0. The van der Waals surface area contributed by atoms with Gasteiger partial charge in [0.1, 0.15) is 0 Å². The molecule has 1 aliphatic heterocycles. The molecule has 1 saturated heterocycles. The molecule has 2 unspecified atom stereocenters. The molecule has 0 aromatic heterocycles. The Hall–Kier alpha value is -0.0800. The van der Waals surface area contributed by atoms with Crippen molar-refractivity contribution in [1.29, 1.82) is 0 Å². The Morgan fingerprint density at radius 2 is 2.23 bits per heavy atom. The highest BCUT2D eigenvalue weighted by molar-refractivity contribution is 4.79. The highest BCUT2D eigenvalue weighted by Crippen LogP contribution is 2.08. The SMILES string of the molecule is CCC(NCC1CCCN1)C(C)C. The molecule has 78 valence electrons. The fourth-order valence-electron chi connectivity index (χ4n) is 2.08. The van der Waals surface area contributed by atoms with Crippen molar-refractivity contribution in [3.05, 3.63) is 0 Å². The Kier molecular flexibility index (Phi) is 4.74. The van der Waals surface area contributed by atoms with Gasteiger partial charge in [0.05, 0.1) is 0 Å². The van der Waals surface area contributed by atoms with Crippen molar-refractivity contribution in [3.8, 4) is 0 Å². The summed E-state index contributed by atoms with van der Waals surface area (Å²) >= 11 is 0. The Morgan fingerprint density at radius 3 is 2.69 bits per heavy atom. The quantitative estimate of drug-likeness (QED) is 0.680. The van der Waals surface area contributed by atoms with Crippen molar-refractivity contribution >= 4 is 0 Å². The van der Waals surface area contributed by atoms with Crippen LogP contribution in [0.5, 0.6) is 0 Å². The Labute approximate surface area is 82.5 Å². The normalized spacial score (nSPS) is 25.4. The number of nitrogens with one attached hydrogen (secondary N) is 2. The van der Waals surface area contributed by atoms with Gasteiger partial charge in [-0.2, -0.15) is 0 Å². The number of hydrogen-bond acceptors (Lipinski definition) is 2. The number of hydrogen-bond donors (Lipinski definition) is 2. The standard InChI is InChI=1S/C11H24N2/c1-4-11(9(2)3)13-8-10-6-5-7-12-10/h9-13H,4-8H2,1-3H3. The topological polar surface area (TPSA) is 24.1 Å². The van der Waals surface area contributed by atoms with E-state index in [0.717, 1.165) is 18.5 Å². The summed E-state index contributed by atoms with van der Waals surface area (Å²) in [5, 5.41) is 7.16. The average Bonchev–Trinajstić information content (AvgIpc) is 2.57. The van der Waals surface area contributed by atoms with Gasteiger partial charge in [-0.15, -0.1) is 0 Å². The minimum atomic E-state index is 0.697. The van der Waals surface area contributed by atoms with Crippen LogP contribution in [0.15, 0.2) is 0 Å². The Morgan fingerprint density at radius 1 is 1.46 bits per heavy atom. The maximum Gasteiger partial charge on any atom is 0.0193 e. The van der Waals surface area contributed by atoms with Crippen molar-refractivity contribution < 1.29 is 0 Å². The second-order valence-electron chi connectivity index (χ2n) is 4.46. The summed E-state index contributed by atoms with van der Waals surface area (Å²) in [5.41, 5.74) is 0. The summed E-state index contributed by atoms with van der Waals surface area (Å²) in [6, 6.07) is 1.43. The van der Waals surface area contributed by atoms with E-state index in [1.807, 2.05) is 0 Å². The van der Waals surface area contributed by atoms with Gasteiger partial charge in [0, 0.05) is 18.6 Å². The first-order chi connectivity index (χ1) is 6.24. The summed E-state index contributed by atoms with van der Waals surface area (Å²) < 4.78 is 0. The Balaban J connectivity index is 2.15. The largest absolute Gasteiger partial charge is 0.313 e. The molecule has 1 rings (SSSR count). The molecule has 2 N–H and O–H groups in total. The van der Waals surface area contributed by atoms with E-state index in [2.05, 4.69) is 31.4 Å². The second kappa shape index (κ2) is 5.61. The third-order valence-corrected chi connectivity index (χ3v) is 3.03. The molecule has 2 heteroatoms. The highest BCUT2D eigenvalue weighted by Gasteiger charge is 2.16. The van der Waals surface area contributed by atoms with Gasteiger partial charge in [0.25, 0.3) is 0 Å². The molecule has 13 heavy (non-hydrogen) atoms. The molecule has 0 amide bonds. The monoisotopic (exact) mass is 184 g/mol. The van der Waals surface area contributed by atoms with E-state index in [1.54, 1.807) is 0 Å². The van der Waals surface area contributed by atoms with E-state index in [9.17, 15) is 0 Å². The molecule has 2 atom stereocenters. The predicted octanol–water partition coefficient (Wildman–Crippen LogP) is 1.76. The van der Waals surface area contributed by atoms with Gasteiger partial charge < -0.3 is 10.6 Å². The van der Waals surface area contributed by atoms with Crippen molar-refractivity contribution in [3.63, 3.8) is 0 Å². The van der Waals surface area contributed by atoms with E-state index in [4.69, 9.17) is 0 Å². The lowest BCUT2D eigenvalue weighted by Crippen LogP contribution is -2.41. The van der Waals surface area contributed by atoms with Gasteiger partial charge in [0.15, 0.2) is 0 Å². The maximum atomic E-state index is 3.65. The van der Waals surface area contributed by atoms with Gasteiger partial charge in [-0.05, 0) is 31.7 Å². The van der Waals surface area contributed by atoms with Crippen molar-refractivity contribution in [2.75, 3.05) is 13.1 Å². The predicted molar refractivity (Wildman–Crippen MR) is 57.9 cm³/mol. The molecule has 0 radical (unpaired) electrons. The third kappa shape index (κ3) is 3.65. The van der Waals surface area contributed by atoms with Crippen LogP contribution in [0.25, 0.3) is 0 Å². The second-order valence-corrected chi connectivity index (χ2v) is 4.46. The van der Waals surface area contributed by atoms with Crippen LogP contribution in [-0.2, 0) is 0 Å². The molecule has 0 aromatic carbocycles. The van der Waals surface area contributed by atoms with E-state index in [-0.39, 0.29) is 0 Å². The summed E-state index contributed by atoms with van der Waals surface area (Å²) in [5.74, 6) is 0.756. The zero-order valence-electron chi connectivity index (χ0n) is 9.27. The lowest BCUT2D eigenvalue weighted by atomic mass is 10.0.